The standard InChI is InChI=1S/C30H34N8O/c1-18(2)20-11-13-22(14-12-20)38-24(16-23(35-38)30(3,4)5)34-25(39)15-19-7-9-21(10-8-19)27-26-28(31)32-17-33-29(26)37(6)36-27/h7-14,16-18H,15H2,1-6H3,(H,34,39)(H2,31,32,33). The monoisotopic (exact) mass is 522 g/mol. The molecule has 0 unspecified atom stereocenters. The maximum Gasteiger partial charge on any atom is 0.229 e. The van der Waals surface area contributed by atoms with Gasteiger partial charge >= 0.3 is 0 Å². The number of nitrogens with zero attached hydrogens (tertiary/aromatic N) is 6. The summed E-state index contributed by atoms with van der Waals surface area (Å²) in [6.45, 7) is 10.7. The van der Waals surface area contributed by atoms with Gasteiger partial charge in [0.15, 0.2) is 5.65 Å². The van der Waals surface area contributed by atoms with Gasteiger partial charge in [-0.05, 0) is 29.2 Å². The number of nitrogen functional groups attached to an aromatic ring is 1. The first-order valence-electron chi connectivity index (χ1n) is 13.0. The SMILES string of the molecule is CC(C)c1ccc(-n2nc(C(C)(C)C)cc2NC(=O)Cc2ccc(-c3nn(C)c4ncnc(N)c34)cc2)cc1. The van der Waals surface area contributed by atoms with Crippen LogP contribution in [-0.2, 0) is 23.7 Å². The van der Waals surface area contributed by atoms with Gasteiger partial charge in [0.05, 0.1) is 23.2 Å². The molecule has 9 nitrogen and oxygen atoms in total. The molecule has 200 valence electrons. The Balaban J connectivity index is 1.37. The van der Waals surface area contributed by atoms with Crippen LogP contribution < -0.4 is 11.1 Å². The second-order valence-electron chi connectivity index (χ2n) is 11.2. The van der Waals surface area contributed by atoms with E-state index in [0.717, 1.165) is 27.9 Å². The fourth-order valence-corrected chi connectivity index (χ4v) is 4.50. The van der Waals surface area contributed by atoms with Crippen molar-refractivity contribution in [3.05, 3.63) is 77.7 Å². The molecule has 0 aliphatic rings. The maximum absolute atomic E-state index is 13.1. The van der Waals surface area contributed by atoms with Crippen LogP contribution in [0.3, 0.4) is 0 Å². The van der Waals surface area contributed by atoms with Crippen LogP contribution in [-0.4, -0.2) is 35.4 Å². The van der Waals surface area contributed by atoms with Crippen molar-refractivity contribution in [2.75, 3.05) is 11.1 Å². The number of aryl methyl sites for hydroxylation is 1. The van der Waals surface area contributed by atoms with E-state index in [2.05, 4.69) is 67.1 Å². The fraction of sp³-hybridized carbons (Fsp3) is 0.300. The zero-order valence-corrected chi connectivity index (χ0v) is 23.2. The molecule has 0 radical (unpaired) electrons. The Hall–Kier alpha value is -4.53. The molecule has 0 saturated carbocycles. The van der Waals surface area contributed by atoms with Crippen molar-refractivity contribution >= 4 is 28.6 Å². The zero-order valence-electron chi connectivity index (χ0n) is 23.2. The van der Waals surface area contributed by atoms with Crippen LogP contribution >= 0.6 is 0 Å². The maximum atomic E-state index is 13.1. The van der Waals surface area contributed by atoms with Gasteiger partial charge in [-0.3, -0.25) is 4.79 Å². The lowest BCUT2D eigenvalue weighted by Gasteiger charge is -2.14. The molecular weight excluding hydrogens is 488 g/mol. The highest BCUT2D eigenvalue weighted by molar-refractivity contribution is 5.98. The number of carbonyl (C=O) groups is 1. The Morgan fingerprint density at radius 1 is 1.00 bits per heavy atom. The van der Waals surface area contributed by atoms with E-state index in [-0.39, 0.29) is 17.7 Å². The van der Waals surface area contributed by atoms with Crippen LogP contribution in [0.1, 0.15) is 57.4 Å². The number of nitrogens with one attached hydrogen (secondary N) is 1. The first kappa shape index (κ1) is 26.1. The third kappa shape index (κ3) is 5.25. The number of carbonyl (C=O) groups excluding carboxylic acids is 1. The number of rotatable bonds is 6. The molecule has 0 atom stereocenters. The molecule has 3 aromatic heterocycles. The van der Waals surface area contributed by atoms with Crippen LogP contribution in [0.25, 0.3) is 28.0 Å². The van der Waals surface area contributed by atoms with E-state index in [4.69, 9.17) is 10.8 Å². The van der Waals surface area contributed by atoms with Crippen molar-refractivity contribution in [3.8, 4) is 16.9 Å². The van der Waals surface area contributed by atoms with Crippen molar-refractivity contribution < 1.29 is 4.79 Å². The lowest BCUT2D eigenvalue weighted by molar-refractivity contribution is -0.115. The summed E-state index contributed by atoms with van der Waals surface area (Å²) in [4.78, 5) is 21.6. The number of amides is 1. The molecule has 0 bridgehead atoms. The Bertz CT molecular complexity index is 1640. The first-order valence-corrected chi connectivity index (χ1v) is 13.0. The van der Waals surface area contributed by atoms with E-state index >= 15 is 0 Å². The Morgan fingerprint density at radius 3 is 2.33 bits per heavy atom. The van der Waals surface area contributed by atoms with Gasteiger partial charge in [-0.1, -0.05) is 71.0 Å². The summed E-state index contributed by atoms with van der Waals surface area (Å²) in [6, 6.07) is 18.0. The van der Waals surface area contributed by atoms with Crippen LogP contribution in [0, 0.1) is 0 Å². The highest BCUT2D eigenvalue weighted by atomic mass is 16.1. The predicted octanol–water partition coefficient (Wildman–Crippen LogP) is 5.40. The minimum absolute atomic E-state index is 0.121. The summed E-state index contributed by atoms with van der Waals surface area (Å²) in [5, 5.41) is 13.2. The summed E-state index contributed by atoms with van der Waals surface area (Å²) in [5.41, 5.74) is 12.2. The van der Waals surface area contributed by atoms with Gasteiger partial charge in [0.2, 0.25) is 5.91 Å². The fourth-order valence-electron chi connectivity index (χ4n) is 4.50. The summed E-state index contributed by atoms with van der Waals surface area (Å²) >= 11 is 0. The second kappa shape index (κ2) is 9.98. The van der Waals surface area contributed by atoms with Gasteiger partial charge in [-0.25, -0.2) is 19.3 Å². The number of aromatic nitrogens is 6. The molecule has 0 spiro atoms. The first-order chi connectivity index (χ1) is 18.5. The van der Waals surface area contributed by atoms with Gasteiger partial charge in [-0.15, -0.1) is 0 Å². The number of anilines is 2. The molecule has 9 heteroatoms. The van der Waals surface area contributed by atoms with Crippen LogP contribution in [0.4, 0.5) is 11.6 Å². The topological polar surface area (TPSA) is 117 Å². The highest BCUT2D eigenvalue weighted by Crippen LogP contribution is 2.30. The van der Waals surface area contributed by atoms with E-state index in [1.807, 2.05) is 54.2 Å². The zero-order chi connectivity index (χ0) is 27.9. The van der Waals surface area contributed by atoms with Crippen molar-refractivity contribution in [1.29, 1.82) is 0 Å². The lowest BCUT2D eigenvalue weighted by Crippen LogP contribution is -2.17. The van der Waals surface area contributed by atoms with Gasteiger partial charge in [-0.2, -0.15) is 10.2 Å². The molecule has 2 aromatic carbocycles. The van der Waals surface area contributed by atoms with Crippen molar-refractivity contribution in [3.63, 3.8) is 0 Å². The Morgan fingerprint density at radius 2 is 1.69 bits per heavy atom. The molecule has 1 amide bonds. The number of fused-ring (bicyclic) bond motifs is 1. The number of benzene rings is 2. The molecular formula is C30H34N8O. The molecule has 0 aliphatic heterocycles. The van der Waals surface area contributed by atoms with E-state index < -0.39 is 0 Å². The van der Waals surface area contributed by atoms with Gasteiger partial charge in [0.1, 0.15) is 23.7 Å². The summed E-state index contributed by atoms with van der Waals surface area (Å²) in [5.74, 6) is 1.35. The molecule has 0 aliphatic carbocycles. The number of hydrogen-bond acceptors (Lipinski definition) is 6. The number of nitrogens with two attached hydrogens (primary N) is 1. The normalized spacial score (nSPS) is 11.9. The quantitative estimate of drug-likeness (QED) is 0.308. The van der Waals surface area contributed by atoms with Gasteiger partial charge in [0.25, 0.3) is 0 Å². The third-order valence-corrected chi connectivity index (χ3v) is 6.79. The van der Waals surface area contributed by atoms with Gasteiger partial charge < -0.3 is 11.1 Å². The lowest BCUT2D eigenvalue weighted by atomic mass is 9.92. The molecule has 0 fully saturated rings. The van der Waals surface area contributed by atoms with Crippen molar-refractivity contribution in [2.24, 2.45) is 7.05 Å². The van der Waals surface area contributed by atoms with Crippen LogP contribution in [0.15, 0.2) is 60.9 Å². The van der Waals surface area contributed by atoms with E-state index in [1.165, 1.54) is 11.9 Å². The third-order valence-electron chi connectivity index (χ3n) is 6.79. The van der Waals surface area contributed by atoms with E-state index in [9.17, 15) is 4.79 Å². The minimum atomic E-state index is -0.164. The van der Waals surface area contributed by atoms with Crippen molar-refractivity contribution in [1.82, 2.24) is 29.5 Å². The van der Waals surface area contributed by atoms with E-state index in [1.54, 1.807) is 4.68 Å². The Labute approximate surface area is 228 Å². The average molecular weight is 523 g/mol. The van der Waals surface area contributed by atoms with Crippen LogP contribution in [0.2, 0.25) is 0 Å². The van der Waals surface area contributed by atoms with Crippen molar-refractivity contribution in [2.45, 2.75) is 52.4 Å². The Kier molecular flexibility index (Phi) is 6.68. The molecule has 39 heavy (non-hydrogen) atoms. The second-order valence-corrected chi connectivity index (χ2v) is 11.2. The summed E-state index contributed by atoms with van der Waals surface area (Å²) in [6.07, 6.45) is 1.65. The molecule has 5 rings (SSSR count). The largest absolute Gasteiger partial charge is 0.383 e. The summed E-state index contributed by atoms with van der Waals surface area (Å²) in [7, 11) is 1.82. The summed E-state index contributed by atoms with van der Waals surface area (Å²) < 4.78 is 3.50. The molecule has 3 N–H and O–H groups in total. The minimum Gasteiger partial charge on any atom is -0.383 e. The average Bonchev–Trinajstić information content (AvgIpc) is 3.47. The number of hydrogen-bond donors (Lipinski definition) is 2. The predicted molar refractivity (Wildman–Crippen MR) is 155 cm³/mol. The van der Waals surface area contributed by atoms with Crippen LogP contribution in [0.5, 0.6) is 0 Å². The highest BCUT2D eigenvalue weighted by Gasteiger charge is 2.22. The van der Waals surface area contributed by atoms with Gasteiger partial charge in [0, 0.05) is 24.1 Å². The van der Waals surface area contributed by atoms with E-state index in [0.29, 0.717) is 28.9 Å². The molecule has 5 aromatic rings. The molecule has 3 heterocycles. The molecule has 0 saturated heterocycles. The smallest absolute Gasteiger partial charge is 0.229 e.